The Balaban J connectivity index is 1.56. The lowest BCUT2D eigenvalue weighted by Gasteiger charge is -2.25. The van der Waals surface area contributed by atoms with Crippen LogP contribution in [0.3, 0.4) is 0 Å². The van der Waals surface area contributed by atoms with E-state index in [1.54, 1.807) is 23.9 Å². The molecule has 1 aliphatic heterocycles. The number of phenols is 1. The van der Waals surface area contributed by atoms with Gasteiger partial charge < -0.3 is 15.0 Å². The van der Waals surface area contributed by atoms with E-state index < -0.39 is 0 Å². The van der Waals surface area contributed by atoms with Gasteiger partial charge in [-0.2, -0.15) is 0 Å². The molecule has 2 heterocycles. The highest BCUT2D eigenvalue weighted by Gasteiger charge is 2.10. The molecule has 0 unspecified atom stereocenters. The number of piperidine rings is 1. The highest BCUT2D eigenvalue weighted by atomic mass is 32.2. The molecule has 4 nitrogen and oxygen atoms in total. The predicted octanol–water partition coefficient (Wildman–Crippen LogP) is 2.85. The van der Waals surface area contributed by atoms with E-state index in [-0.39, 0.29) is 5.75 Å². The minimum absolute atomic E-state index is 0.279. The van der Waals surface area contributed by atoms with Crippen molar-refractivity contribution < 1.29 is 5.11 Å². The number of rotatable bonds is 4. The standard InChI is InChI=1S/C14H19N3OS/c18-11-4-5-12-13(10-11)16-14(15-12)19-9-8-17-6-2-1-3-7-17/h4-5,10,18H,1-3,6-9H2,(H,15,16). The van der Waals surface area contributed by atoms with Crippen LogP contribution in [0.4, 0.5) is 0 Å². The minimum Gasteiger partial charge on any atom is -0.508 e. The zero-order chi connectivity index (χ0) is 13.1. The zero-order valence-electron chi connectivity index (χ0n) is 10.9. The Hall–Kier alpha value is -1.20. The van der Waals surface area contributed by atoms with E-state index in [9.17, 15) is 5.11 Å². The normalized spacial score (nSPS) is 17.1. The topological polar surface area (TPSA) is 52.2 Å². The van der Waals surface area contributed by atoms with Gasteiger partial charge in [-0.05, 0) is 38.1 Å². The third kappa shape index (κ3) is 3.22. The Morgan fingerprint density at radius 1 is 1.26 bits per heavy atom. The van der Waals surface area contributed by atoms with Gasteiger partial charge in [0, 0.05) is 18.4 Å². The quantitative estimate of drug-likeness (QED) is 0.844. The number of imidazole rings is 1. The third-order valence-electron chi connectivity index (χ3n) is 3.54. The van der Waals surface area contributed by atoms with Crippen LogP contribution in [0.2, 0.25) is 0 Å². The van der Waals surface area contributed by atoms with Gasteiger partial charge in [-0.1, -0.05) is 18.2 Å². The van der Waals surface area contributed by atoms with E-state index in [4.69, 9.17) is 0 Å². The van der Waals surface area contributed by atoms with E-state index in [0.29, 0.717) is 0 Å². The summed E-state index contributed by atoms with van der Waals surface area (Å²) in [7, 11) is 0. The molecular weight excluding hydrogens is 258 g/mol. The summed E-state index contributed by atoms with van der Waals surface area (Å²) in [5.41, 5.74) is 1.82. The maximum absolute atomic E-state index is 9.42. The molecule has 2 aromatic rings. The van der Waals surface area contributed by atoms with Crippen molar-refractivity contribution in [1.29, 1.82) is 0 Å². The molecule has 0 atom stereocenters. The first kappa shape index (κ1) is 12.8. The molecule has 0 saturated carbocycles. The molecule has 1 aliphatic rings. The van der Waals surface area contributed by atoms with E-state index >= 15 is 0 Å². The number of hydrogen-bond acceptors (Lipinski definition) is 4. The van der Waals surface area contributed by atoms with Crippen molar-refractivity contribution in [2.45, 2.75) is 24.4 Å². The lowest BCUT2D eigenvalue weighted by atomic mass is 10.1. The molecule has 0 bridgehead atoms. The number of aromatic hydroxyl groups is 1. The number of nitrogens with one attached hydrogen (secondary N) is 1. The maximum Gasteiger partial charge on any atom is 0.166 e. The second-order valence-electron chi connectivity index (χ2n) is 4.99. The van der Waals surface area contributed by atoms with Gasteiger partial charge in [-0.3, -0.25) is 0 Å². The molecule has 1 saturated heterocycles. The first-order valence-corrected chi connectivity index (χ1v) is 7.84. The average Bonchev–Trinajstić information content (AvgIpc) is 2.82. The molecule has 0 aliphatic carbocycles. The Labute approximate surface area is 117 Å². The largest absolute Gasteiger partial charge is 0.508 e. The number of aromatic amines is 1. The van der Waals surface area contributed by atoms with Gasteiger partial charge in [0.05, 0.1) is 11.0 Å². The number of nitrogens with zero attached hydrogens (tertiary/aromatic N) is 2. The second-order valence-corrected chi connectivity index (χ2v) is 6.08. The van der Waals surface area contributed by atoms with Crippen LogP contribution in [0.15, 0.2) is 23.4 Å². The number of fused-ring (bicyclic) bond motifs is 1. The number of H-pyrrole nitrogens is 1. The van der Waals surface area contributed by atoms with Gasteiger partial charge in [0.2, 0.25) is 0 Å². The van der Waals surface area contributed by atoms with Crippen LogP contribution in [0.1, 0.15) is 19.3 Å². The number of aromatic nitrogens is 2. The van der Waals surface area contributed by atoms with Crippen LogP contribution in [-0.4, -0.2) is 45.4 Å². The van der Waals surface area contributed by atoms with Gasteiger partial charge in [0.1, 0.15) is 5.75 Å². The SMILES string of the molecule is Oc1ccc2nc(SCCN3CCCCC3)[nH]c2c1. The van der Waals surface area contributed by atoms with Crippen molar-refractivity contribution in [3.8, 4) is 5.75 Å². The van der Waals surface area contributed by atoms with Crippen molar-refractivity contribution in [2.24, 2.45) is 0 Å². The summed E-state index contributed by atoms with van der Waals surface area (Å²) >= 11 is 1.76. The summed E-state index contributed by atoms with van der Waals surface area (Å²) in [6.45, 7) is 3.62. The highest BCUT2D eigenvalue weighted by Crippen LogP contribution is 2.22. The molecule has 3 rings (SSSR count). The van der Waals surface area contributed by atoms with Gasteiger partial charge in [0.15, 0.2) is 5.16 Å². The summed E-state index contributed by atoms with van der Waals surface area (Å²) < 4.78 is 0. The van der Waals surface area contributed by atoms with Crippen molar-refractivity contribution in [2.75, 3.05) is 25.4 Å². The summed E-state index contributed by atoms with van der Waals surface area (Å²) in [5.74, 6) is 1.34. The summed E-state index contributed by atoms with van der Waals surface area (Å²) in [6, 6.07) is 5.23. The fourth-order valence-corrected chi connectivity index (χ4v) is 3.38. The van der Waals surface area contributed by atoms with Crippen molar-refractivity contribution in [3.05, 3.63) is 18.2 Å². The monoisotopic (exact) mass is 277 g/mol. The maximum atomic E-state index is 9.42. The van der Waals surface area contributed by atoms with Crippen LogP contribution >= 0.6 is 11.8 Å². The number of hydrogen-bond donors (Lipinski definition) is 2. The summed E-state index contributed by atoms with van der Waals surface area (Å²) in [4.78, 5) is 10.3. The van der Waals surface area contributed by atoms with Crippen molar-refractivity contribution in [3.63, 3.8) is 0 Å². The number of likely N-dealkylation sites (tertiary alicyclic amines) is 1. The summed E-state index contributed by atoms with van der Waals surface area (Å²) in [6.07, 6.45) is 4.07. The van der Waals surface area contributed by atoms with E-state index in [2.05, 4.69) is 14.9 Å². The zero-order valence-corrected chi connectivity index (χ0v) is 11.7. The van der Waals surface area contributed by atoms with Gasteiger partial charge >= 0.3 is 0 Å². The molecule has 1 fully saturated rings. The van der Waals surface area contributed by atoms with Gasteiger partial charge in [-0.25, -0.2) is 4.98 Å². The van der Waals surface area contributed by atoms with E-state index in [1.807, 2.05) is 6.07 Å². The molecular formula is C14H19N3OS. The summed E-state index contributed by atoms with van der Waals surface area (Å²) in [5, 5.41) is 10.4. The average molecular weight is 277 g/mol. The predicted molar refractivity (Wildman–Crippen MR) is 78.8 cm³/mol. The highest BCUT2D eigenvalue weighted by molar-refractivity contribution is 7.99. The molecule has 1 aromatic carbocycles. The molecule has 0 amide bonds. The number of benzene rings is 1. The lowest BCUT2D eigenvalue weighted by Crippen LogP contribution is -2.31. The molecule has 102 valence electrons. The van der Waals surface area contributed by atoms with Crippen LogP contribution in [0.25, 0.3) is 11.0 Å². The Bertz CT molecular complexity index is 549. The molecule has 2 N–H and O–H groups in total. The Morgan fingerprint density at radius 3 is 2.95 bits per heavy atom. The Kier molecular flexibility index (Phi) is 3.94. The number of thioether (sulfide) groups is 1. The lowest BCUT2D eigenvalue weighted by molar-refractivity contribution is 0.242. The number of phenolic OH excluding ortho intramolecular Hbond substituents is 1. The fourth-order valence-electron chi connectivity index (χ4n) is 2.50. The smallest absolute Gasteiger partial charge is 0.166 e. The van der Waals surface area contributed by atoms with Crippen LogP contribution in [-0.2, 0) is 0 Å². The molecule has 5 heteroatoms. The molecule has 1 aromatic heterocycles. The van der Waals surface area contributed by atoms with E-state index in [1.165, 1.54) is 32.4 Å². The third-order valence-corrected chi connectivity index (χ3v) is 4.39. The minimum atomic E-state index is 0.279. The van der Waals surface area contributed by atoms with Crippen LogP contribution in [0.5, 0.6) is 5.75 Å². The molecule has 0 radical (unpaired) electrons. The van der Waals surface area contributed by atoms with Crippen LogP contribution < -0.4 is 0 Å². The van der Waals surface area contributed by atoms with Crippen molar-refractivity contribution >= 4 is 22.8 Å². The fraction of sp³-hybridized carbons (Fsp3) is 0.500. The van der Waals surface area contributed by atoms with Crippen molar-refractivity contribution in [1.82, 2.24) is 14.9 Å². The molecule has 0 spiro atoms. The first-order chi connectivity index (χ1) is 9.31. The van der Waals surface area contributed by atoms with Crippen LogP contribution in [0, 0.1) is 0 Å². The van der Waals surface area contributed by atoms with Gasteiger partial charge in [-0.15, -0.1) is 0 Å². The van der Waals surface area contributed by atoms with Gasteiger partial charge in [0.25, 0.3) is 0 Å². The molecule has 19 heavy (non-hydrogen) atoms. The Morgan fingerprint density at radius 2 is 2.11 bits per heavy atom. The first-order valence-electron chi connectivity index (χ1n) is 6.85. The van der Waals surface area contributed by atoms with E-state index in [0.717, 1.165) is 28.5 Å². The second kappa shape index (κ2) is 5.84.